The van der Waals surface area contributed by atoms with Crippen molar-refractivity contribution >= 4 is 18.1 Å². The van der Waals surface area contributed by atoms with Crippen LogP contribution < -0.4 is 0 Å². The fourth-order valence-electron chi connectivity index (χ4n) is 1.91. The number of carbonyl (C=O) groups excluding carboxylic acids is 2. The Labute approximate surface area is 112 Å². The van der Waals surface area contributed by atoms with Crippen molar-refractivity contribution in [2.24, 2.45) is 5.92 Å². The number of imide groups is 1. The first-order chi connectivity index (χ1) is 9.16. The molecule has 1 heterocycles. The lowest BCUT2D eigenvalue weighted by Crippen LogP contribution is -2.32. The van der Waals surface area contributed by atoms with Crippen LogP contribution in [0, 0.1) is 5.92 Å². The van der Waals surface area contributed by atoms with Crippen molar-refractivity contribution in [2.45, 2.75) is 13.3 Å². The fraction of sp³-hybridized carbons (Fsp3) is 0.333. The number of hydrogen-bond donors (Lipinski definition) is 0. The average Bonchev–Trinajstić information content (AvgIpc) is 2.84. The van der Waals surface area contributed by atoms with Gasteiger partial charge in [-0.15, -0.1) is 0 Å². The maximum absolute atomic E-state index is 11.9. The summed E-state index contributed by atoms with van der Waals surface area (Å²) in [6.45, 7) is 2.63. The predicted octanol–water partition coefficient (Wildman–Crippen LogP) is 2.70. The minimum atomic E-state index is -0.524. The molecule has 1 aliphatic rings. The summed E-state index contributed by atoms with van der Waals surface area (Å²) in [5, 5.41) is 0. The first-order valence-electron chi connectivity index (χ1n) is 6.37. The number of carbonyl (C=O) groups is 2. The second kappa shape index (κ2) is 6.18. The smallest absolute Gasteiger partial charge is 0.416 e. The van der Waals surface area contributed by atoms with Gasteiger partial charge in [0.1, 0.15) is 6.61 Å². The van der Waals surface area contributed by atoms with E-state index in [9.17, 15) is 9.59 Å². The highest BCUT2D eigenvalue weighted by molar-refractivity contribution is 5.93. The molecule has 1 saturated heterocycles. The summed E-state index contributed by atoms with van der Waals surface area (Å²) in [6.07, 6.45) is 3.76. The van der Waals surface area contributed by atoms with Crippen LogP contribution in [0.1, 0.15) is 18.9 Å². The molecule has 0 aliphatic carbocycles. The SMILES string of the molecule is CC(/C=C/c1ccccc1)CC(=O)N1CCOC1=O. The normalized spacial score (nSPS) is 16.7. The van der Waals surface area contributed by atoms with Crippen LogP contribution in [0.25, 0.3) is 6.08 Å². The highest BCUT2D eigenvalue weighted by Gasteiger charge is 2.28. The molecule has 4 nitrogen and oxygen atoms in total. The average molecular weight is 259 g/mol. The van der Waals surface area contributed by atoms with Crippen LogP contribution >= 0.6 is 0 Å². The van der Waals surface area contributed by atoms with Gasteiger partial charge >= 0.3 is 6.09 Å². The number of ether oxygens (including phenoxy) is 1. The highest BCUT2D eigenvalue weighted by atomic mass is 16.6. The summed E-state index contributed by atoms with van der Waals surface area (Å²) in [5.41, 5.74) is 1.10. The van der Waals surface area contributed by atoms with Crippen molar-refractivity contribution in [3.63, 3.8) is 0 Å². The second-order valence-corrected chi connectivity index (χ2v) is 4.61. The number of rotatable bonds is 4. The molecule has 0 bridgehead atoms. The van der Waals surface area contributed by atoms with Crippen LogP contribution in [0.3, 0.4) is 0 Å². The predicted molar refractivity (Wildman–Crippen MR) is 72.3 cm³/mol. The van der Waals surface area contributed by atoms with Gasteiger partial charge in [-0.25, -0.2) is 9.69 Å². The quantitative estimate of drug-likeness (QED) is 0.835. The van der Waals surface area contributed by atoms with Crippen molar-refractivity contribution in [2.75, 3.05) is 13.2 Å². The topological polar surface area (TPSA) is 46.6 Å². The Morgan fingerprint density at radius 1 is 1.42 bits per heavy atom. The van der Waals surface area contributed by atoms with Crippen molar-refractivity contribution < 1.29 is 14.3 Å². The van der Waals surface area contributed by atoms with Crippen LogP contribution in [-0.4, -0.2) is 30.1 Å². The summed E-state index contributed by atoms with van der Waals surface area (Å²) in [5.74, 6) is -0.0891. The van der Waals surface area contributed by atoms with E-state index in [2.05, 4.69) is 0 Å². The fourth-order valence-corrected chi connectivity index (χ4v) is 1.91. The van der Waals surface area contributed by atoms with Gasteiger partial charge in [0.05, 0.1) is 6.54 Å². The molecule has 0 radical (unpaired) electrons. The number of benzene rings is 1. The lowest BCUT2D eigenvalue weighted by Gasteiger charge is -2.12. The third-order valence-electron chi connectivity index (χ3n) is 2.98. The van der Waals surface area contributed by atoms with Gasteiger partial charge in [0.25, 0.3) is 0 Å². The zero-order chi connectivity index (χ0) is 13.7. The van der Waals surface area contributed by atoms with Crippen LogP contribution in [0.2, 0.25) is 0 Å². The summed E-state index contributed by atoms with van der Waals surface area (Å²) >= 11 is 0. The van der Waals surface area contributed by atoms with E-state index < -0.39 is 6.09 Å². The molecule has 0 N–H and O–H groups in total. The molecule has 0 saturated carbocycles. The molecule has 0 aromatic heterocycles. The second-order valence-electron chi connectivity index (χ2n) is 4.61. The molecule has 100 valence electrons. The van der Waals surface area contributed by atoms with Gasteiger partial charge < -0.3 is 4.74 Å². The Hall–Kier alpha value is -2.10. The van der Waals surface area contributed by atoms with Gasteiger partial charge in [0.2, 0.25) is 5.91 Å². The number of allylic oxidation sites excluding steroid dienone is 1. The third-order valence-corrected chi connectivity index (χ3v) is 2.98. The third kappa shape index (κ3) is 3.68. The van der Waals surface area contributed by atoms with Crippen molar-refractivity contribution in [1.82, 2.24) is 4.90 Å². The van der Waals surface area contributed by atoms with Gasteiger partial charge in [-0.05, 0) is 11.5 Å². The van der Waals surface area contributed by atoms with Crippen molar-refractivity contribution in [3.05, 3.63) is 42.0 Å². The standard InChI is InChI=1S/C15H17NO3/c1-12(7-8-13-5-3-2-4-6-13)11-14(17)16-9-10-19-15(16)18/h2-8,12H,9-11H2,1H3/b8-7+. The number of nitrogens with zero attached hydrogens (tertiary/aromatic N) is 1. The molecule has 4 heteroatoms. The Kier molecular flexibility index (Phi) is 4.34. The molecular formula is C15H17NO3. The molecule has 1 aliphatic heterocycles. The molecule has 19 heavy (non-hydrogen) atoms. The lowest BCUT2D eigenvalue weighted by molar-refractivity contribution is -0.128. The van der Waals surface area contributed by atoms with Gasteiger partial charge in [0, 0.05) is 6.42 Å². The summed E-state index contributed by atoms with van der Waals surface area (Å²) in [7, 11) is 0. The molecule has 2 rings (SSSR count). The van der Waals surface area contributed by atoms with Gasteiger partial charge in [-0.3, -0.25) is 4.79 Å². The summed E-state index contributed by atoms with van der Waals surface area (Å²) in [6, 6.07) is 9.90. The number of cyclic esters (lactones) is 1. The first-order valence-corrected chi connectivity index (χ1v) is 6.37. The minimum Gasteiger partial charge on any atom is -0.447 e. The van der Waals surface area contributed by atoms with E-state index >= 15 is 0 Å². The molecule has 1 aromatic carbocycles. The molecule has 1 aromatic rings. The van der Waals surface area contributed by atoms with E-state index in [1.165, 1.54) is 4.90 Å². The van der Waals surface area contributed by atoms with Crippen LogP contribution in [0.4, 0.5) is 4.79 Å². The Balaban J connectivity index is 1.87. The lowest BCUT2D eigenvalue weighted by atomic mass is 10.0. The number of amides is 2. The summed E-state index contributed by atoms with van der Waals surface area (Å²) in [4.78, 5) is 24.3. The minimum absolute atomic E-state index is 0.0844. The van der Waals surface area contributed by atoms with Crippen molar-refractivity contribution in [3.8, 4) is 0 Å². The van der Waals surface area contributed by atoms with Crippen LogP contribution in [0.5, 0.6) is 0 Å². The van der Waals surface area contributed by atoms with E-state index in [-0.39, 0.29) is 11.8 Å². The highest BCUT2D eigenvalue weighted by Crippen LogP contribution is 2.13. The van der Waals surface area contributed by atoms with E-state index in [0.29, 0.717) is 19.6 Å². The Morgan fingerprint density at radius 2 is 2.16 bits per heavy atom. The molecular weight excluding hydrogens is 242 g/mol. The molecule has 1 unspecified atom stereocenters. The maximum atomic E-state index is 11.9. The largest absolute Gasteiger partial charge is 0.447 e. The molecule has 1 atom stereocenters. The summed E-state index contributed by atoms with van der Waals surface area (Å²) < 4.78 is 4.75. The van der Waals surface area contributed by atoms with Crippen LogP contribution in [0.15, 0.2) is 36.4 Å². The molecule has 1 fully saturated rings. The Bertz CT molecular complexity index is 481. The van der Waals surface area contributed by atoms with Gasteiger partial charge in [-0.1, -0.05) is 49.4 Å². The van der Waals surface area contributed by atoms with Gasteiger partial charge in [0.15, 0.2) is 0 Å². The maximum Gasteiger partial charge on any atom is 0.416 e. The molecule has 0 spiro atoms. The van der Waals surface area contributed by atoms with Crippen molar-refractivity contribution in [1.29, 1.82) is 0 Å². The van der Waals surface area contributed by atoms with E-state index in [1.54, 1.807) is 0 Å². The van der Waals surface area contributed by atoms with E-state index in [4.69, 9.17) is 4.74 Å². The molecule has 2 amide bonds. The number of hydrogen-bond acceptors (Lipinski definition) is 3. The first kappa shape index (κ1) is 13.3. The van der Waals surface area contributed by atoms with E-state index in [0.717, 1.165) is 5.56 Å². The monoisotopic (exact) mass is 259 g/mol. The zero-order valence-corrected chi connectivity index (χ0v) is 10.9. The zero-order valence-electron chi connectivity index (χ0n) is 10.9. The van der Waals surface area contributed by atoms with Crippen LogP contribution in [-0.2, 0) is 9.53 Å². The Morgan fingerprint density at radius 3 is 2.79 bits per heavy atom. The van der Waals surface area contributed by atoms with E-state index in [1.807, 2.05) is 49.4 Å². The van der Waals surface area contributed by atoms with Gasteiger partial charge in [-0.2, -0.15) is 0 Å².